The van der Waals surface area contributed by atoms with E-state index in [0.717, 1.165) is 56.3 Å². The predicted octanol–water partition coefficient (Wildman–Crippen LogP) is 2.57. The average Bonchev–Trinajstić information content (AvgIpc) is 3.14. The lowest BCUT2D eigenvalue weighted by molar-refractivity contribution is 0.0572. The van der Waals surface area contributed by atoms with Gasteiger partial charge in [0.15, 0.2) is 0 Å². The predicted molar refractivity (Wildman–Crippen MR) is 101 cm³/mol. The van der Waals surface area contributed by atoms with Crippen LogP contribution in [-0.4, -0.2) is 61.5 Å². The molecule has 0 radical (unpaired) electrons. The molecule has 1 heterocycles. The topological polar surface area (TPSA) is 35.6 Å². The molecule has 1 amide bonds. The number of hydrogen-bond acceptors (Lipinski definition) is 3. The maximum atomic E-state index is 12.9. The van der Waals surface area contributed by atoms with Gasteiger partial charge in [0.25, 0.3) is 5.91 Å². The Kier molecular flexibility index (Phi) is 7.53. The molecule has 1 aromatic carbocycles. The highest BCUT2D eigenvalue weighted by molar-refractivity contribution is 5.95. The standard InChI is InChI=1S/C19H29N3O.ClH/c1-20-11-10-16-6-2-5-9-18(16)19(23)22-14-12-21(13-15-22)17-7-3-4-8-17;/h2,5-6,9,17,20H,3-4,7-8,10-15H2,1H3;1H. The Labute approximate surface area is 152 Å². The molecule has 1 saturated heterocycles. The number of benzene rings is 1. The maximum Gasteiger partial charge on any atom is 0.254 e. The van der Waals surface area contributed by atoms with Gasteiger partial charge in [0, 0.05) is 37.8 Å². The number of halogens is 1. The highest BCUT2D eigenvalue weighted by Crippen LogP contribution is 2.24. The maximum absolute atomic E-state index is 12.9. The quantitative estimate of drug-likeness (QED) is 0.885. The number of nitrogens with zero attached hydrogens (tertiary/aromatic N) is 2. The van der Waals surface area contributed by atoms with Crippen molar-refractivity contribution >= 4 is 18.3 Å². The molecule has 1 aliphatic carbocycles. The normalized spacial score (nSPS) is 19.3. The fourth-order valence-electron chi connectivity index (χ4n) is 3.94. The van der Waals surface area contributed by atoms with Crippen LogP contribution in [0.5, 0.6) is 0 Å². The Morgan fingerprint density at radius 1 is 1.12 bits per heavy atom. The van der Waals surface area contributed by atoms with Crippen molar-refractivity contribution in [3.8, 4) is 0 Å². The van der Waals surface area contributed by atoms with E-state index >= 15 is 0 Å². The molecule has 1 N–H and O–H groups in total. The highest BCUT2D eigenvalue weighted by Gasteiger charge is 2.28. The summed E-state index contributed by atoms with van der Waals surface area (Å²) in [5.41, 5.74) is 2.04. The van der Waals surface area contributed by atoms with Crippen molar-refractivity contribution < 1.29 is 4.79 Å². The molecular formula is C19H30ClN3O. The van der Waals surface area contributed by atoms with Crippen LogP contribution in [0, 0.1) is 0 Å². The number of piperazine rings is 1. The van der Waals surface area contributed by atoms with Crippen LogP contribution in [0.3, 0.4) is 0 Å². The van der Waals surface area contributed by atoms with Crippen molar-refractivity contribution in [2.75, 3.05) is 39.8 Å². The fourth-order valence-corrected chi connectivity index (χ4v) is 3.94. The minimum absolute atomic E-state index is 0. The Balaban J connectivity index is 0.00000208. The van der Waals surface area contributed by atoms with Crippen LogP contribution < -0.4 is 5.32 Å². The van der Waals surface area contributed by atoms with Gasteiger partial charge in [-0.25, -0.2) is 0 Å². The Bertz CT molecular complexity index is 523. The molecule has 0 aromatic heterocycles. The summed E-state index contributed by atoms with van der Waals surface area (Å²) in [6, 6.07) is 8.84. The largest absolute Gasteiger partial charge is 0.336 e. The lowest BCUT2D eigenvalue weighted by Crippen LogP contribution is -2.51. The summed E-state index contributed by atoms with van der Waals surface area (Å²) in [4.78, 5) is 17.5. The Morgan fingerprint density at radius 2 is 1.79 bits per heavy atom. The van der Waals surface area contributed by atoms with Crippen molar-refractivity contribution in [3.05, 3.63) is 35.4 Å². The molecule has 1 aromatic rings. The smallest absolute Gasteiger partial charge is 0.254 e. The second-order valence-electron chi connectivity index (χ2n) is 6.78. The van der Waals surface area contributed by atoms with Gasteiger partial charge in [-0.15, -0.1) is 12.4 Å². The summed E-state index contributed by atoms with van der Waals surface area (Å²) >= 11 is 0. The summed E-state index contributed by atoms with van der Waals surface area (Å²) < 4.78 is 0. The third kappa shape index (κ3) is 4.50. The number of rotatable bonds is 5. The SMILES string of the molecule is CNCCc1ccccc1C(=O)N1CCN(C2CCCC2)CC1.Cl. The van der Waals surface area contributed by atoms with Crippen LogP contribution >= 0.6 is 12.4 Å². The van der Waals surface area contributed by atoms with Crippen LogP contribution in [-0.2, 0) is 6.42 Å². The molecule has 24 heavy (non-hydrogen) atoms. The molecule has 4 nitrogen and oxygen atoms in total. The van der Waals surface area contributed by atoms with E-state index in [2.05, 4.69) is 16.3 Å². The van der Waals surface area contributed by atoms with E-state index in [1.54, 1.807) is 0 Å². The molecule has 134 valence electrons. The fraction of sp³-hybridized carbons (Fsp3) is 0.632. The number of likely N-dealkylation sites (N-methyl/N-ethyl adjacent to an activating group) is 1. The lowest BCUT2D eigenvalue weighted by Gasteiger charge is -2.38. The van der Waals surface area contributed by atoms with E-state index < -0.39 is 0 Å². The van der Waals surface area contributed by atoms with Crippen LogP contribution in [0.15, 0.2) is 24.3 Å². The van der Waals surface area contributed by atoms with Crippen molar-refractivity contribution in [2.24, 2.45) is 0 Å². The van der Waals surface area contributed by atoms with Gasteiger partial charge in [-0.3, -0.25) is 9.69 Å². The molecule has 0 unspecified atom stereocenters. The van der Waals surface area contributed by atoms with Crippen LogP contribution in [0.2, 0.25) is 0 Å². The second-order valence-corrected chi connectivity index (χ2v) is 6.78. The first kappa shape index (κ1) is 19.2. The van der Waals surface area contributed by atoms with E-state index in [4.69, 9.17) is 0 Å². The number of nitrogens with one attached hydrogen (secondary N) is 1. The summed E-state index contributed by atoms with van der Waals surface area (Å²) in [7, 11) is 1.95. The van der Waals surface area contributed by atoms with Crippen molar-refractivity contribution in [3.63, 3.8) is 0 Å². The molecule has 2 aliphatic rings. The molecule has 1 aliphatic heterocycles. The highest BCUT2D eigenvalue weighted by atomic mass is 35.5. The number of hydrogen-bond donors (Lipinski definition) is 1. The third-order valence-electron chi connectivity index (χ3n) is 5.33. The molecule has 3 rings (SSSR count). The summed E-state index contributed by atoms with van der Waals surface area (Å²) in [5.74, 6) is 0.211. The van der Waals surface area contributed by atoms with Gasteiger partial charge in [-0.2, -0.15) is 0 Å². The van der Waals surface area contributed by atoms with Gasteiger partial charge < -0.3 is 10.2 Å². The molecule has 0 bridgehead atoms. The van der Waals surface area contributed by atoms with E-state index in [9.17, 15) is 4.79 Å². The van der Waals surface area contributed by atoms with Crippen LogP contribution in [0.4, 0.5) is 0 Å². The second kappa shape index (κ2) is 9.40. The summed E-state index contributed by atoms with van der Waals surface area (Å²) in [6.45, 7) is 4.72. The first-order chi connectivity index (χ1) is 11.3. The Morgan fingerprint density at radius 3 is 2.46 bits per heavy atom. The summed E-state index contributed by atoms with van der Waals surface area (Å²) in [5, 5.41) is 3.17. The molecule has 0 atom stereocenters. The van der Waals surface area contributed by atoms with E-state index in [-0.39, 0.29) is 18.3 Å². The van der Waals surface area contributed by atoms with E-state index in [1.807, 2.05) is 30.1 Å². The zero-order valence-corrected chi connectivity index (χ0v) is 15.5. The van der Waals surface area contributed by atoms with Gasteiger partial charge in [0.05, 0.1) is 0 Å². The van der Waals surface area contributed by atoms with Gasteiger partial charge >= 0.3 is 0 Å². The average molecular weight is 352 g/mol. The molecular weight excluding hydrogens is 322 g/mol. The van der Waals surface area contributed by atoms with Gasteiger partial charge in [0.2, 0.25) is 0 Å². The minimum atomic E-state index is 0. The minimum Gasteiger partial charge on any atom is -0.336 e. The van der Waals surface area contributed by atoms with Crippen molar-refractivity contribution in [2.45, 2.75) is 38.1 Å². The zero-order chi connectivity index (χ0) is 16.1. The first-order valence-corrected chi connectivity index (χ1v) is 9.05. The van der Waals surface area contributed by atoms with E-state index in [0.29, 0.717) is 0 Å². The van der Waals surface area contributed by atoms with Gasteiger partial charge in [-0.1, -0.05) is 31.0 Å². The number of amides is 1. The molecule has 2 fully saturated rings. The van der Waals surface area contributed by atoms with Crippen LogP contribution in [0.1, 0.15) is 41.6 Å². The number of carbonyl (C=O) groups excluding carboxylic acids is 1. The van der Waals surface area contributed by atoms with Crippen LogP contribution in [0.25, 0.3) is 0 Å². The number of carbonyl (C=O) groups is 1. The van der Waals surface area contributed by atoms with Crippen molar-refractivity contribution in [1.82, 2.24) is 15.1 Å². The van der Waals surface area contributed by atoms with E-state index in [1.165, 1.54) is 25.7 Å². The lowest BCUT2D eigenvalue weighted by atomic mass is 10.0. The van der Waals surface area contributed by atoms with Crippen molar-refractivity contribution in [1.29, 1.82) is 0 Å². The zero-order valence-electron chi connectivity index (χ0n) is 14.7. The van der Waals surface area contributed by atoms with Gasteiger partial charge in [-0.05, 0) is 44.5 Å². The molecule has 0 spiro atoms. The first-order valence-electron chi connectivity index (χ1n) is 9.05. The monoisotopic (exact) mass is 351 g/mol. The van der Waals surface area contributed by atoms with Gasteiger partial charge in [0.1, 0.15) is 0 Å². The Hall–Kier alpha value is -1.10. The summed E-state index contributed by atoms with van der Waals surface area (Å²) in [6.07, 6.45) is 6.35. The molecule has 1 saturated carbocycles. The third-order valence-corrected chi connectivity index (χ3v) is 5.33. The molecule has 5 heteroatoms.